The molecular weight excluding hydrogens is 202 g/mol. The molecule has 2 fully saturated rings. The van der Waals surface area contributed by atoms with Crippen LogP contribution < -0.4 is 5.73 Å². The molecular formula is C12H25N3O. The van der Waals surface area contributed by atoms with E-state index in [0.29, 0.717) is 6.04 Å². The number of piperazine rings is 1. The van der Waals surface area contributed by atoms with Crippen LogP contribution in [0.15, 0.2) is 0 Å². The zero-order valence-corrected chi connectivity index (χ0v) is 10.6. The Balaban J connectivity index is 2.07. The third kappa shape index (κ3) is 2.25. The first-order valence-electron chi connectivity index (χ1n) is 6.41. The maximum absolute atomic E-state index is 6.03. The van der Waals surface area contributed by atoms with E-state index in [9.17, 15) is 0 Å². The summed E-state index contributed by atoms with van der Waals surface area (Å²) in [5.74, 6) is 0. The van der Waals surface area contributed by atoms with Crippen molar-refractivity contribution in [2.24, 2.45) is 5.73 Å². The number of hydrogen-bond donors (Lipinski definition) is 1. The molecule has 2 N–H and O–H groups in total. The number of hydrogen-bond acceptors (Lipinski definition) is 4. The van der Waals surface area contributed by atoms with E-state index in [2.05, 4.69) is 23.8 Å². The molecule has 2 atom stereocenters. The second kappa shape index (κ2) is 5.00. The summed E-state index contributed by atoms with van der Waals surface area (Å²) in [7, 11) is 2.19. The van der Waals surface area contributed by atoms with Crippen molar-refractivity contribution in [3.63, 3.8) is 0 Å². The van der Waals surface area contributed by atoms with E-state index in [1.54, 1.807) is 0 Å². The molecule has 0 aromatic heterocycles. The molecule has 0 saturated carbocycles. The average molecular weight is 227 g/mol. The van der Waals surface area contributed by atoms with Gasteiger partial charge in [-0.1, -0.05) is 0 Å². The fourth-order valence-electron chi connectivity index (χ4n) is 3.19. The Morgan fingerprint density at radius 2 is 2.25 bits per heavy atom. The molecule has 16 heavy (non-hydrogen) atoms. The highest BCUT2D eigenvalue weighted by Crippen LogP contribution is 2.28. The van der Waals surface area contributed by atoms with Crippen LogP contribution in [-0.2, 0) is 4.74 Å². The first-order valence-corrected chi connectivity index (χ1v) is 6.41. The van der Waals surface area contributed by atoms with Crippen LogP contribution in [0, 0.1) is 0 Å². The maximum Gasteiger partial charge on any atom is 0.0662 e. The Kier molecular flexibility index (Phi) is 3.85. The summed E-state index contributed by atoms with van der Waals surface area (Å²) in [5, 5.41) is 0. The number of rotatable bonds is 2. The van der Waals surface area contributed by atoms with Gasteiger partial charge in [-0.2, -0.15) is 0 Å². The van der Waals surface area contributed by atoms with Crippen molar-refractivity contribution in [3.05, 3.63) is 0 Å². The number of nitrogens with two attached hydrogens (primary N) is 1. The van der Waals surface area contributed by atoms with Crippen LogP contribution in [0.25, 0.3) is 0 Å². The largest absolute Gasteiger partial charge is 0.379 e. The molecule has 0 aromatic rings. The van der Waals surface area contributed by atoms with Gasteiger partial charge < -0.3 is 15.4 Å². The Morgan fingerprint density at radius 1 is 1.44 bits per heavy atom. The van der Waals surface area contributed by atoms with Gasteiger partial charge in [0.1, 0.15) is 0 Å². The molecule has 4 nitrogen and oxygen atoms in total. The zero-order valence-electron chi connectivity index (χ0n) is 10.6. The molecule has 94 valence electrons. The Hall–Kier alpha value is -0.160. The molecule has 0 bridgehead atoms. The van der Waals surface area contributed by atoms with Crippen LogP contribution >= 0.6 is 0 Å². The third-order valence-corrected chi connectivity index (χ3v) is 4.12. The van der Waals surface area contributed by atoms with Crippen LogP contribution in [0.2, 0.25) is 0 Å². The topological polar surface area (TPSA) is 41.7 Å². The Labute approximate surface area is 98.7 Å². The van der Waals surface area contributed by atoms with Gasteiger partial charge in [-0.15, -0.1) is 0 Å². The van der Waals surface area contributed by atoms with Crippen LogP contribution in [0.4, 0.5) is 0 Å². The van der Waals surface area contributed by atoms with Crippen molar-refractivity contribution in [2.75, 3.05) is 46.4 Å². The first kappa shape index (κ1) is 12.3. The van der Waals surface area contributed by atoms with Crippen molar-refractivity contribution < 1.29 is 4.74 Å². The van der Waals surface area contributed by atoms with Crippen molar-refractivity contribution in [2.45, 2.75) is 31.3 Å². The minimum absolute atomic E-state index is 0.110. The van der Waals surface area contributed by atoms with E-state index in [-0.39, 0.29) is 5.54 Å². The number of nitrogens with zero attached hydrogens (tertiary/aromatic N) is 2. The second-order valence-corrected chi connectivity index (χ2v) is 5.39. The fourth-order valence-corrected chi connectivity index (χ4v) is 3.19. The molecule has 2 heterocycles. The summed E-state index contributed by atoms with van der Waals surface area (Å²) in [6.07, 6.45) is 2.34. The van der Waals surface area contributed by atoms with Gasteiger partial charge in [-0.05, 0) is 26.8 Å². The van der Waals surface area contributed by atoms with Crippen molar-refractivity contribution in [1.82, 2.24) is 9.80 Å². The summed E-state index contributed by atoms with van der Waals surface area (Å²) in [4.78, 5) is 4.99. The molecule has 2 unspecified atom stereocenters. The molecule has 0 aromatic carbocycles. The standard InChI is InChI=1S/C12H25N3O/c1-11-8-14(2)5-6-15(11)12(9-13)4-3-7-16-10-12/h11H,3-10,13H2,1-2H3. The normalized spacial score (nSPS) is 38.8. The van der Waals surface area contributed by atoms with Crippen LogP contribution in [-0.4, -0.2) is 67.8 Å². The molecule has 0 aliphatic carbocycles. The fraction of sp³-hybridized carbons (Fsp3) is 1.00. The predicted octanol–water partition coefficient (Wildman–Crippen LogP) is 0.130. The number of ether oxygens (including phenoxy) is 1. The average Bonchev–Trinajstić information content (AvgIpc) is 2.30. The van der Waals surface area contributed by atoms with E-state index in [1.165, 1.54) is 6.42 Å². The van der Waals surface area contributed by atoms with Crippen molar-refractivity contribution in [1.29, 1.82) is 0 Å². The Morgan fingerprint density at radius 3 is 2.81 bits per heavy atom. The highest BCUT2D eigenvalue weighted by molar-refractivity contribution is 4.98. The van der Waals surface area contributed by atoms with Crippen molar-refractivity contribution >= 4 is 0 Å². The lowest BCUT2D eigenvalue weighted by molar-refractivity contribution is -0.0788. The monoisotopic (exact) mass is 227 g/mol. The summed E-state index contributed by atoms with van der Waals surface area (Å²) in [6.45, 7) is 8.16. The molecule has 0 spiro atoms. The van der Waals surface area contributed by atoms with Crippen molar-refractivity contribution in [3.8, 4) is 0 Å². The lowest BCUT2D eigenvalue weighted by Gasteiger charge is -2.51. The second-order valence-electron chi connectivity index (χ2n) is 5.39. The van der Waals surface area contributed by atoms with E-state index in [0.717, 1.165) is 45.8 Å². The summed E-state index contributed by atoms with van der Waals surface area (Å²) < 4.78 is 5.67. The van der Waals surface area contributed by atoms with E-state index in [1.807, 2.05) is 0 Å². The van der Waals surface area contributed by atoms with Crippen LogP contribution in [0.5, 0.6) is 0 Å². The molecule has 2 saturated heterocycles. The molecule has 2 rings (SSSR count). The zero-order chi connectivity index (χ0) is 11.6. The minimum Gasteiger partial charge on any atom is -0.379 e. The van der Waals surface area contributed by atoms with Crippen LogP contribution in [0.3, 0.4) is 0 Å². The van der Waals surface area contributed by atoms with Gasteiger partial charge >= 0.3 is 0 Å². The summed E-state index contributed by atoms with van der Waals surface area (Å²) >= 11 is 0. The predicted molar refractivity (Wildman–Crippen MR) is 65.5 cm³/mol. The van der Waals surface area contributed by atoms with Gasteiger partial charge in [-0.25, -0.2) is 0 Å². The molecule has 4 heteroatoms. The summed E-state index contributed by atoms with van der Waals surface area (Å²) in [6, 6.07) is 0.587. The molecule has 2 aliphatic heterocycles. The van der Waals surface area contributed by atoms with Gasteiger partial charge in [-0.3, -0.25) is 4.90 Å². The van der Waals surface area contributed by atoms with Gasteiger partial charge in [0.25, 0.3) is 0 Å². The maximum atomic E-state index is 6.03. The third-order valence-electron chi connectivity index (χ3n) is 4.12. The van der Waals surface area contributed by atoms with Crippen LogP contribution in [0.1, 0.15) is 19.8 Å². The smallest absolute Gasteiger partial charge is 0.0662 e. The van der Waals surface area contributed by atoms with E-state index < -0.39 is 0 Å². The molecule has 2 aliphatic rings. The van der Waals surface area contributed by atoms with Gasteiger partial charge in [0.2, 0.25) is 0 Å². The number of likely N-dealkylation sites (N-methyl/N-ethyl adjacent to an activating group) is 1. The lowest BCUT2D eigenvalue weighted by Crippen LogP contribution is -2.66. The molecule has 0 radical (unpaired) electrons. The summed E-state index contributed by atoms with van der Waals surface area (Å²) in [5.41, 5.74) is 6.14. The SMILES string of the molecule is CC1CN(C)CCN1C1(CN)CCCOC1. The van der Waals surface area contributed by atoms with E-state index in [4.69, 9.17) is 10.5 Å². The van der Waals surface area contributed by atoms with Gasteiger partial charge in [0.15, 0.2) is 0 Å². The quantitative estimate of drug-likeness (QED) is 0.728. The highest BCUT2D eigenvalue weighted by atomic mass is 16.5. The Bertz CT molecular complexity index is 228. The highest BCUT2D eigenvalue weighted by Gasteiger charge is 2.41. The van der Waals surface area contributed by atoms with Gasteiger partial charge in [0.05, 0.1) is 12.1 Å². The molecule has 0 amide bonds. The lowest BCUT2D eigenvalue weighted by atomic mass is 9.88. The van der Waals surface area contributed by atoms with E-state index >= 15 is 0 Å². The van der Waals surface area contributed by atoms with Gasteiger partial charge in [0, 0.05) is 38.8 Å². The first-order chi connectivity index (χ1) is 7.68. The minimum atomic E-state index is 0.110.